The normalized spacial score (nSPS) is 11.2. The zero-order valence-corrected chi connectivity index (χ0v) is 19.6. The van der Waals surface area contributed by atoms with Crippen molar-refractivity contribution in [3.63, 3.8) is 0 Å². The first-order chi connectivity index (χ1) is 15.9. The maximum Gasteiger partial charge on any atom is 0.269 e. The summed E-state index contributed by atoms with van der Waals surface area (Å²) in [5.41, 5.74) is 0.969. The number of nitrogens with one attached hydrogen (secondary N) is 2. The Balaban J connectivity index is 1.70. The summed E-state index contributed by atoms with van der Waals surface area (Å²) in [5.74, 6) is 0.384. The predicted molar refractivity (Wildman–Crippen MR) is 127 cm³/mol. The first-order valence-corrected chi connectivity index (χ1v) is 11.5. The van der Waals surface area contributed by atoms with Gasteiger partial charge in [0.15, 0.2) is 10.8 Å². The van der Waals surface area contributed by atoms with Crippen LogP contribution < -0.4 is 10.6 Å². The van der Waals surface area contributed by atoms with Crippen LogP contribution in [0, 0.1) is 10.1 Å². The number of benzene rings is 1. The van der Waals surface area contributed by atoms with Crippen molar-refractivity contribution in [2.75, 3.05) is 31.6 Å². The molecule has 0 aliphatic heterocycles. The Morgan fingerprint density at radius 1 is 1.24 bits per heavy atom. The van der Waals surface area contributed by atoms with E-state index in [1.54, 1.807) is 22.6 Å². The molecule has 0 fully saturated rings. The Morgan fingerprint density at radius 2 is 2.00 bits per heavy atom. The number of non-ortho nitro benzene ring substituents is 1. The molecule has 0 saturated carbocycles. The minimum absolute atomic E-state index is 0.0602. The van der Waals surface area contributed by atoms with E-state index in [-0.39, 0.29) is 11.6 Å². The number of nitrogens with zero attached hydrogens (tertiary/aromatic N) is 5. The molecule has 3 aromatic rings. The van der Waals surface area contributed by atoms with Gasteiger partial charge in [0.05, 0.1) is 29.7 Å². The van der Waals surface area contributed by atoms with E-state index in [2.05, 4.69) is 39.5 Å². The summed E-state index contributed by atoms with van der Waals surface area (Å²) < 4.78 is 7.12. The molecule has 0 aliphatic rings. The summed E-state index contributed by atoms with van der Waals surface area (Å²) in [6, 6.07) is 5.47. The molecular weight excluding hydrogens is 446 g/mol. The van der Waals surface area contributed by atoms with Crippen molar-refractivity contribution in [1.82, 2.24) is 25.1 Å². The van der Waals surface area contributed by atoms with Crippen LogP contribution in [0.4, 0.5) is 11.5 Å². The summed E-state index contributed by atoms with van der Waals surface area (Å²) in [4.78, 5) is 31.9. The lowest BCUT2D eigenvalue weighted by atomic mass is 10.2. The van der Waals surface area contributed by atoms with Crippen LogP contribution in [0.2, 0.25) is 0 Å². The summed E-state index contributed by atoms with van der Waals surface area (Å²) in [5, 5.41) is 23.1. The number of aromatic nitrogens is 4. The SMILES string of the molecule is CCOCCNc1nc(SC(C)C)nc2c1cnn2CCNC(=O)c1ccc([N+](=O)[O-])cc1. The summed E-state index contributed by atoms with van der Waals surface area (Å²) in [7, 11) is 0. The highest BCUT2D eigenvalue weighted by molar-refractivity contribution is 7.99. The van der Waals surface area contributed by atoms with E-state index < -0.39 is 4.92 Å². The molecule has 1 aromatic carbocycles. The number of nitro benzene ring substituents is 1. The molecule has 0 bridgehead atoms. The van der Waals surface area contributed by atoms with Gasteiger partial charge in [-0.3, -0.25) is 14.9 Å². The van der Waals surface area contributed by atoms with Crippen LogP contribution in [-0.4, -0.2) is 62.1 Å². The van der Waals surface area contributed by atoms with Crippen molar-refractivity contribution in [2.45, 2.75) is 37.7 Å². The van der Waals surface area contributed by atoms with Crippen molar-refractivity contribution in [1.29, 1.82) is 0 Å². The number of ether oxygens (including phenoxy) is 1. The van der Waals surface area contributed by atoms with Gasteiger partial charge in [-0.05, 0) is 19.1 Å². The molecule has 12 heteroatoms. The van der Waals surface area contributed by atoms with Crippen LogP contribution in [0.25, 0.3) is 11.0 Å². The molecule has 176 valence electrons. The van der Waals surface area contributed by atoms with Crippen molar-refractivity contribution in [2.24, 2.45) is 0 Å². The lowest BCUT2D eigenvalue weighted by molar-refractivity contribution is -0.384. The van der Waals surface area contributed by atoms with Crippen molar-refractivity contribution in [3.8, 4) is 0 Å². The number of hydrogen-bond acceptors (Lipinski definition) is 9. The highest BCUT2D eigenvalue weighted by atomic mass is 32.2. The maximum atomic E-state index is 12.4. The number of rotatable bonds is 12. The number of thioether (sulfide) groups is 1. The lowest BCUT2D eigenvalue weighted by Gasteiger charge is -2.11. The van der Waals surface area contributed by atoms with E-state index in [4.69, 9.17) is 4.74 Å². The molecule has 2 heterocycles. The second-order valence-electron chi connectivity index (χ2n) is 7.31. The van der Waals surface area contributed by atoms with E-state index in [1.807, 2.05) is 6.92 Å². The largest absolute Gasteiger partial charge is 0.380 e. The smallest absolute Gasteiger partial charge is 0.269 e. The third-order valence-electron chi connectivity index (χ3n) is 4.51. The van der Waals surface area contributed by atoms with Crippen LogP contribution in [0.1, 0.15) is 31.1 Å². The lowest BCUT2D eigenvalue weighted by Crippen LogP contribution is -2.27. The Bertz CT molecular complexity index is 1100. The van der Waals surface area contributed by atoms with Crippen LogP contribution in [0.15, 0.2) is 35.6 Å². The summed E-state index contributed by atoms with van der Waals surface area (Å²) in [6.07, 6.45) is 1.71. The van der Waals surface area contributed by atoms with Gasteiger partial charge in [-0.15, -0.1) is 0 Å². The van der Waals surface area contributed by atoms with Crippen LogP contribution in [-0.2, 0) is 11.3 Å². The molecular formula is C21H27N7O4S. The van der Waals surface area contributed by atoms with Gasteiger partial charge in [0.2, 0.25) is 0 Å². The fourth-order valence-electron chi connectivity index (χ4n) is 3.00. The van der Waals surface area contributed by atoms with E-state index >= 15 is 0 Å². The fourth-order valence-corrected chi connectivity index (χ4v) is 3.70. The Labute approximate surface area is 195 Å². The minimum atomic E-state index is -0.502. The standard InChI is InChI=1S/C21H27N7O4S/c1-4-32-12-10-22-18-17-13-24-27(19(17)26-21(25-18)33-14(2)3)11-9-23-20(29)15-5-7-16(8-6-15)28(30)31/h5-8,13-14H,4,9-12H2,1-3H3,(H,23,29)(H,22,25,26). The molecule has 1 amide bonds. The van der Waals surface area contributed by atoms with Crippen LogP contribution in [0.5, 0.6) is 0 Å². The number of carbonyl (C=O) groups is 1. The van der Waals surface area contributed by atoms with Gasteiger partial charge >= 0.3 is 0 Å². The van der Waals surface area contributed by atoms with Gasteiger partial charge in [-0.2, -0.15) is 5.10 Å². The molecule has 33 heavy (non-hydrogen) atoms. The van der Waals surface area contributed by atoms with Crippen LogP contribution in [0.3, 0.4) is 0 Å². The fraction of sp³-hybridized carbons (Fsp3) is 0.429. The summed E-state index contributed by atoms with van der Waals surface area (Å²) in [6.45, 7) is 8.65. The molecule has 0 radical (unpaired) electrons. The maximum absolute atomic E-state index is 12.4. The third kappa shape index (κ3) is 6.62. The monoisotopic (exact) mass is 473 g/mol. The van der Waals surface area contributed by atoms with Crippen LogP contribution >= 0.6 is 11.8 Å². The average Bonchev–Trinajstić information content (AvgIpc) is 3.19. The first kappa shape index (κ1) is 24.4. The van der Waals surface area contributed by atoms with E-state index in [1.165, 1.54) is 24.3 Å². The average molecular weight is 474 g/mol. The van der Waals surface area contributed by atoms with Crippen molar-refractivity contribution >= 4 is 40.2 Å². The highest BCUT2D eigenvalue weighted by Crippen LogP contribution is 2.26. The zero-order chi connectivity index (χ0) is 23.8. The number of fused-ring (bicyclic) bond motifs is 1. The van der Waals surface area contributed by atoms with Gasteiger partial charge in [-0.1, -0.05) is 25.6 Å². The molecule has 2 aromatic heterocycles. The van der Waals surface area contributed by atoms with Gasteiger partial charge in [-0.25, -0.2) is 14.6 Å². The molecule has 3 rings (SSSR count). The second kappa shape index (κ2) is 11.6. The second-order valence-corrected chi connectivity index (χ2v) is 8.85. The minimum Gasteiger partial charge on any atom is -0.380 e. The van der Waals surface area contributed by atoms with Gasteiger partial charge in [0.1, 0.15) is 5.82 Å². The van der Waals surface area contributed by atoms with E-state index in [0.717, 1.165) is 5.39 Å². The highest BCUT2D eigenvalue weighted by Gasteiger charge is 2.15. The molecule has 11 nitrogen and oxygen atoms in total. The van der Waals surface area contributed by atoms with E-state index in [0.29, 0.717) is 60.3 Å². The van der Waals surface area contributed by atoms with Crippen molar-refractivity contribution in [3.05, 3.63) is 46.1 Å². The molecule has 0 saturated heterocycles. The first-order valence-electron chi connectivity index (χ1n) is 10.6. The van der Waals surface area contributed by atoms with E-state index in [9.17, 15) is 14.9 Å². The van der Waals surface area contributed by atoms with Gasteiger partial charge < -0.3 is 15.4 Å². The molecule has 0 atom stereocenters. The Kier molecular flexibility index (Phi) is 8.55. The van der Waals surface area contributed by atoms with Gasteiger partial charge in [0, 0.05) is 42.6 Å². The third-order valence-corrected chi connectivity index (χ3v) is 5.37. The molecule has 2 N–H and O–H groups in total. The topological polar surface area (TPSA) is 137 Å². The number of anilines is 1. The number of hydrogen-bond donors (Lipinski definition) is 2. The quantitative estimate of drug-likeness (QED) is 0.134. The molecule has 0 aliphatic carbocycles. The molecule has 0 spiro atoms. The predicted octanol–water partition coefficient (Wildman–Crippen LogP) is 3.11. The number of carbonyl (C=O) groups excluding carboxylic acids is 1. The van der Waals surface area contributed by atoms with Crippen molar-refractivity contribution < 1.29 is 14.5 Å². The molecule has 0 unspecified atom stereocenters. The zero-order valence-electron chi connectivity index (χ0n) is 18.8. The number of amides is 1. The number of nitro groups is 1. The summed E-state index contributed by atoms with van der Waals surface area (Å²) >= 11 is 1.56. The van der Waals surface area contributed by atoms with Gasteiger partial charge in [0.25, 0.3) is 11.6 Å². The Morgan fingerprint density at radius 3 is 2.67 bits per heavy atom. The Hall–Kier alpha value is -3.25.